The van der Waals surface area contributed by atoms with E-state index in [2.05, 4.69) is 52.5 Å². The maximum absolute atomic E-state index is 15.4. The van der Waals surface area contributed by atoms with E-state index in [0.29, 0.717) is 24.1 Å². The van der Waals surface area contributed by atoms with Crippen LogP contribution in [0.3, 0.4) is 0 Å². The second-order valence-corrected chi connectivity index (χ2v) is 26.2. The molecule has 5 aliphatic heterocycles. The highest BCUT2D eigenvalue weighted by Gasteiger charge is 2.47. The summed E-state index contributed by atoms with van der Waals surface area (Å²) in [4.78, 5) is 185. The number of aromatic amines is 1. The Hall–Kier alpha value is -8.43. The van der Waals surface area contributed by atoms with Crippen LogP contribution >= 0.6 is 0 Å². The van der Waals surface area contributed by atoms with E-state index in [1.165, 1.54) is 32.1 Å². The number of imidazole rings is 1. The molecule has 6 heterocycles. The van der Waals surface area contributed by atoms with Gasteiger partial charge in [-0.15, -0.1) is 0 Å². The third kappa shape index (κ3) is 18.6. The summed E-state index contributed by atoms with van der Waals surface area (Å²) in [7, 11) is 0. The third-order valence-electron chi connectivity index (χ3n) is 17.1. The first kappa shape index (κ1) is 70.0. The zero-order valence-electron chi connectivity index (χ0n) is 53.5. The van der Waals surface area contributed by atoms with E-state index in [0.717, 1.165) is 6.20 Å². The van der Waals surface area contributed by atoms with Gasteiger partial charge in [0, 0.05) is 63.5 Å². The fourth-order valence-electron chi connectivity index (χ4n) is 12.6. The molecular formula is C63H93N15O13. The number of aliphatic hydroxyl groups excluding tert-OH is 1. The zero-order valence-corrected chi connectivity index (χ0v) is 53.5. The Morgan fingerprint density at radius 3 is 1.93 bits per heavy atom. The Labute approximate surface area is 530 Å². The van der Waals surface area contributed by atoms with Gasteiger partial charge in [-0.1, -0.05) is 85.7 Å². The molecule has 91 heavy (non-hydrogen) atoms. The largest absolute Gasteiger partial charge is 0.391 e. The summed E-state index contributed by atoms with van der Waals surface area (Å²) >= 11 is 0. The summed E-state index contributed by atoms with van der Waals surface area (Å²) in [6.45, 7) is 14.0. The number of nitrogens with two attached hydrogens (primary N) is 1. The second-order valence-electron chi connectivity index (χ2n) is 26.2. The van der Waals surface area contributed by atoms with Crippen molar-refractivity contribution in [1.29, 1.82) is 0 Å². The van der Waals surface area contributed by atoms with E-state index in [-0.39, 0.29) is 108 Å². The van der Waals surface area contributed by atoms with Crippen molar-refractivity contribution in [3.63, 3.8) is 0 Å². The molecule has 1 aromatic carbocycles. The summed E-state index contributed by atoms with van der Waals surface area (Å²) < 4.78 is 0. The zero-order chi connectivity index (χ0) is 66.4. The number of carbonyl (C=O) groups is 12. The highest BCUT2D eigenvalue weighted by Crippen LogP contribution is 2.28. The molecule has 4 fully saturated rings. The van der Waals surface area contributed by atoms with Crippen LogP contribution in [0.25, 0.3) is 0 Å². The van der Waals surface area contributed by atoms with E-state index in [9.17, 15) is 53.1 Å². The number of primary amides is 1. The van der Waals surface area contributed by atoms with Gasteiger partial charge < -0.3 is 78.0 Å². The summed E-state index contributed by atoms with van der Waals surface area (Å²) in [6.07, 6.45) is 4.55. The summed E-state index contributed by atoms with van der Waals surface area (Å²) in [5, 5.41) is 33.4. The standard InChI is InChI=1S/C63H93N15O13/c1-34(2)23-41(54(82)69-43(53(81)67-31-51(64)80)26-38-15-10-9-11-16-38)70-56(84)47-17-12-20-75(47)62(90)46-30-66-44(27-39-29-65-33-68-39)60(88)78-32-40(79)28-50(78)58(86)71-42(24-35(3)4)55(83)72-45(25-36(5)6)61(89)77-22-14-19-49(77)63(91)76-21-13-18-48(76)57(85)74-52(37(7)8)59(87)73-46/h9-11,15-16,29-30,33-37,40-45,47-50,52,66,79H,12-14,17-28,31-32H2,1-8H3,(H2,64,80)(H,65,68)(H,67,81)(H,69,82)(H,70,84)(H,71,86)(H,72,83)(H,73,87)(H,74,85)/b46-30-/t40-,41+,42+,43+,44+,45+,47+,48+,49+,50+,52+/m1/s1. The Balaban J connectivity index is 1.25. The minimum Gasteiger partial charge on any atom is -0.391 e. The van der Waals surface area contributed by atoms with Crippen molar-refractivity contribution in [2.45, 2.75) is 199 Å². The predicted molar refractivity (Wildman–Crippen MR) is 331 cm³/mol. The van der Waals surface area contributed by atoms with Crippen LogP contribution in [0.2, 0.25) is 0 Å². The van der Waals surface area contributed by atoms with Crippen LogP contribution in [0.1, 0.15) is 131 Å². The molecule has 0 bridgehead atoms. The molecular weight excluding hydrogens is 1170 g/mol. The Morgan fingerprint density at radius 1 is 0.670 bits per heavy atom. The molecule has 28 heteroatoms. The fraction of sp³-hybridized carbons (Fsp3) is 0.635. The van der Waals surface area contributed by atoms with E-state index in [4.69, 9.17) is 5.73 Å². The SMILES string of the molecule is CC(C)C[C@H](NC(=O)[C@@H]1CCCN1C(=O)/C1=C/N[C@@H](Cc2cnc[nH]2)C(=O)N2C[C@H](O)C[C@H]2C(=O)N[C@@H](CC(C)C)C(=O)N[C@@H](CC(C)C)C(=O)N2CCC[C@H]2C(=O)N2CCC[C@H]2C(=O)N[C@@H](C(C)C)C(=O)N1)C(=O)N[C@@H](Cc1ccccc1)C(=O)NCC(N)=O. The number of fused-ring (bicyclic) bond motifs is 3. The van der Waals surface area contributed by atoms with Gasteiger partial charge in [0.15, 0.2) is 0 Å². The molecule has 0 spiro atoms. The molecule has 0 aliphatic carbocycles. The quantitative estimate of drug-likeness (QED) is 0.0794. The van der Waals surface area contributed by atoms with Crippen molar-refractivity contribution in [2.75, 3.05) is 32.7 Å². The first-order chi connectivity index (χ1) is 43.2. The lowest BCUT2D eigenvalue weighted by atomic mass is 9.99. The number of nitrogens with zero attached hydrogens (tertiary/aromatic N) is 5. The molecule has 1 aromatic heterocycles. The molecule has 5 aliphatic rings. The summed E-state index contributed by atoms with van der Waals surface area (Å²) in [5.41, 5.74) is 5.93. The number of amides is 12. The number of hydrogen-bond donors (Lipinski definition) is 11. The normalized spacial score (nSPS) is 26.1. The Bertz CT molecular complexity index is 2990. The molecule has 28 nitrogen and oxygen atoms in total. The molecule has 7 rings (SSSR count). The molecule has 11 atom stereocenters. The topological polar surface area (TPSA) is 389 Å². The van der Waals surface area contributed by atoms with Gasteiger partial charge in [0.1, 0.15) is 66.1 Å². The predicted octanol–water partition coefficient (Wildman–Crippen LogP) is -1.12. The van der Waals surface area contributed by atoms with Crippen molar-refractivity contribution in [3.05, 3.63) is 66.0 Å². The maximum atomic E-state index is 15.4. The molecule has 0 saturated carbocycles. The molecule has 12 amide bonds. The van der Waals surface area contributed by atoms with Crippen LogP contribution in [-0.2, 0) is 70.4 Å². The van der Waals surface area contributed by atoms with E-state index in [1.807, 2.05) is 41.5 Å². The maximum Gasteiger partial charge on any atom is 0.272 e. The van der Waals surface area contributed by atoms with Gasteiger partial charge in [-0.05, 0) is 87.0 Å². The molecule has 12 N–H and O–H groups in total. The second kappa shape index (κ2) is 32.0. The molecule has 2 aromatic rings. The molecule has 0 radical (unpaired) electrons. The fourth-order valence-corrected chi connectivity index (χ4v) is 12.6. The average molecular weight is 1270 g/mol. The monoisotopic (exact) mass is 1270 g/mol. The van der Waals surface area contributed by atoms with Crippen molar-refractivity contribution in [1.82, 2.24) is 72.1 Å². The van der Waals surface area contributed by atoms with E-state index in [1.54, 1.807) is 44.2 Å². The van der Waals surface area contributed by atoms with Crippen molar-refractivity contribution in [2.24, 2.45) is 29.4 Å². The highest BCUT2D eigenvalue weighted by atomic mass is 16.3. The number of likely N-dealkylation sites (tertiary alicyclic amines) is 1. The van der Waals surface area contributed by atoms with E-state index < -0.39 is 156 Å². The van der Waals surface area contributed by atoms with Crippen LogP contribution < -0.4 is 48.3 Å². The van der Waals surface area contributed by atoms with Gasteiger partial charge >= 0.3 is 0 Å². The van der Waals surface area contributed by atoms with Crippen molar-refractivity contribution < 1.29 is 62.6 Å². The van der Waals surface area contributed by atoms with Crippen LogP contribution in [-0.4, -0.2) is 205 Å². The summed E-state index contributed by atoms with van der Waals surface area (Å²) in [6, 6.07) is -3.32. The first-order valence-electron chi connectivity index (χ1n) is 32.0. The van der Waals surface area contributed by atoms with Crippen LogP contribution in [0.5, 0.6) is 0 Å². The van der Waals surface area contributed by atoms with Crippen LogP contribution in [0.15, 0.2) is 54.8 Å². The van der Waals surface area contributed by atoms with Gasteiger partial charge in [0.2, 0.25) is 65.0 Å². The Kier molecular flexibility index (Phi) is 24.7. The number of aromatic nitrogens is 2. The number of nitrogens with one attached hydrogen (secondary N) is 9. The average Bonchev–Trinajstić information content (AvgIpc) is 1.82. The number of rotatable bonds is 19. The van der Waals surface area contributed by atoms with Gasteiger partial charge in [0.05, 0.1) is 19.0 Å². The van der Waals surface area contributed by atoms with Crippen LogP contribution in [0, 0.1) is 23.7 Å². The van der Waals surface area contributed by atoms with Gasteiger partial charge in [0.25, 0.3) is 5.91 Å². The molecule has 498 valence electrons. The molecule has 0 unspecified atom stereocenters. The van der Waals surface area contributed by atoms with Gasteiger partial charge in [-0.2, -0.15) is 0 Å². The number of H-pyrrole nitrogens is 1. The lowest BCUT2D eigenvalue weighted by Gasteiger charge is -2.34. The number of carbonyl (C=O) groups excluding carboxylic acids is 12. The van der Waals surface area contributed by atoms with Gasteiger partial charge in [-0.25, -0.2) is 4.98 Å². The van der Waals surface area contributed by atoms with Crippen LogP contribution in [0.4, 0.5) is 0 Å². The minimum atomic E-state index is -1.37. The van der Waals surface area contributed by atoms with E-state index >= 15 is 9.59 Å². The van der Waals surface area contributed by atoms with Crippen molar-refractivity contribution in [3.8, 4) is 0 Å². The first-order valence-corrected chi connectivity index (χ1v) is 32.0. The summed E-state index contributed by atoms with van der Waals surface area (Å²) in [5.74, 6) is -9.67. The minimum absolute atomic E-state index is 0.0179. The van der Waals surface area contributed by atoms with Crippen molar-refractivity contribution >= 4 is 70.9 Å². The number of aliphatic hydroxyl groups is 1. The lowest BCUT2D eigenvalue weighted by Crippen LogP contribution is -2.60. The molecule has 4 saturated heterocycles. The smallest absolute Gasteiger partial charge is 0.272 e. The highest BCUT2D eigenvalue weighted by molar-refractivity contribution is 6.03. The Morgan fingerprint density at radius 2 is 1.30 bits per heavy atom. The lowest BCUT2D eigenvalue weighted by molar-refractivity contribution is -0.148. The third-order valence-corrected chi connectivity index (χ3v) is 17.1. The number of benzene rings is 1. The van der Waals surface area contributed by atoms with Gasteiger partial charge in [-0.3, -0.25) is 57.5 Å². The number of hydrogen-bond acceptors (Lipinski definition) is 15.